The lowest BCUT2D eigenvalue weighted by atomic mass is 10.2. The second kappa shape index (κ2) is 11.2. The van der Waals surface area contributed by atoms with Crippen molar-refractivity contribution < 1.29 is 4.74 Å². The van der Waals surface area contributed by atoms with Gasteiger partial charge < -0.3 is 20.3 Å². The topological polar surface area (TPSA) is 67.0 Å². The highest BCUT2D eigenvalue weighted by Gasteiger charge is 2.19. The number of halogens is 1. The van der Waals surface area contributed by atoms with Crippen molar-refractivity contribution in [2.45, 2.75) is 13.2 Å². The van der Waals surface area contributed by atoms with Crippen LogP contribution in [0.25, 0.3) is 0 Å². The fourth-order valence-corrected chi connectivity index (χ4v) is 3.90. The van der Waals surface area contributed by atoms with Crippen LogP contribution < -0.4 is 15.4 Å². The molecule has 0 bridgehead atoms. The van der Waals surface area contributed by atoms with Gasteiger partial charge in [0.1, 0.15) is 12.4 Å². The van der Waals surface area contributed by atoms with Gasteiger partial charge in [-0.2, -0.15) is 0 Å². The summed E-state index contributed by atoms with van der Waals surface area (Å²) < 4.78 is 5.83. The summed E-state index contributed by atoms with van der Waals surface area (Å²) in [6.07, 6.45) is 1.85. The first-order valence-corrected chi connectivity index (χ1v) is 10.6. The molecule has 2 aromatic carbocycles. The Hall–Kier alpha value is -2.33. The van der Waals surface area contributed by atoms with Crippen molar-refractivity contribution in [3.8, 4) is 5.75 Å². The molecule has 4 rings (SSSR count). The number of anilines is 1. The van der Waals surface area contributed by atoms with E-state index in [1.54, 1.807) is 11.3 Å². The van der Waals surface area contributed by atoms with Gasteiger partial charge in [0.05, 0.1) is 6.54 Å². The van der Waals surface area contributed by atoms with Crippen LogP contribution in [-0.2, 0) is 13.2 Å². The molecule has 30 heavy (non-hydrogen) atoms. The molecule has 158 valence electrons. The third-order valence-corrected chi connectivity index (χ3v) is 5.72. The number of guanidine groups is 1. The predicted octanol–water partition coefficient (Wildman–Crippen LogP) is 3.98. The molecule has 0 aliphatic carbocycles. The van der Waals surface area contributed by atoms with Gasteiger partial charge in [0.25, 0.3) is 0 Å². The van der Waals surface area contributed by atoms with Crippen molar-refractivity contribution in [1.82, 2.24) is 9.88 Å². The Morgan fingerprint density at radius 3 is 2.40 bits per heavy atom. The number of thiazole rings is 1. The van der Waals surface area contributed by atoms with Crippen molar-refractivity contribution in [3.63, 3.8) is 0 Å². The number of aliphatic imine (C=N–C) groups is 1. The minimum Gasteiger partial charge on any atom is -0.489 e. The number of rotatable bonds is 6. The molecular formula is C22H26IN5OS. The van der Waals surface area contributed by atoms with E-state index in [4.69, 9.17) is 10.5 Å². The summed E-state index contributed by atoms with van der Waals surface area (Å²) in [5, 5.41) is 3.09. The third kappa shape index (κ3) is 6.09. The summed E-state index contributed by atoms with van der Waals surface area (Å²) >= 11 is 1.67. The average molecular weight is 535 g/mol. The van der Waals surface area contributed by atoms with E-state index in [1.807, 2.05) is 54.0 Å². The summed E-state index contributed by atoms with van der Waals surface area (Å²) in [4.78, 5) is 13.4. The smallest absolute Gasteiger partial charge is 0.191 e. The number of aromatic nitrogens is 1. The lowest BCUT2D eigenvalue weighted by molar-refractivity contribution is 0.306. The molecule has 0 atom stereocenters. The van der Waals surface area contributed by atoms with Crippen LogP contribution >= 0.6 is 35.3 Å². The maximum atomic E-state index is 6.22. The maximum Gasteiger partial charge on any atom is 0.191 e. The summed E-state index contributed by atoms with van der Waals surface area (Å²) in [7, 11) is 0. The second-order valence-corrected chi connectivity index (χ2v) is 7.75. The van der Waals surface area contributed by atoms with Crippen LogP contribution in [0.1, 0.15) is 11.1 Å². The van der Waals surface area contributed by atoms with Gasteiger partial charge in [0.2, 0.25) is 0 Å². The van der Waals surface area contributed by atoms with Crippen molar-refractivity contribution in [1.29, 1.82) is 0 Å². The van der Waals surface area contributed by atoms with Crippen LogP contribution in [0.5, 0.6) is 5.75 Å². The summed E-state index contributed by atoms with van der Waals surface area (Å²) in [5.41, 5.74) is 8.49. The minimum atomic E-state index is 0. The second-order valence-electron chi connectivity index (χ2n) is 6.88. The van der Waals surface area contributed by atoms with E-state index in [2.05, 4.69) is 31.9 Å². The monoisotopic (exact) mass is 535 g/mol. The summed E-state index contributed by atoms with van der Waals surface area (Å²) in [6.45, 7) is 4.69. The molecule has 0 unspecified atom stereocenters. The van der Waals surface area contributed by atoms with Crippen LogP contribution in [0.15, 0.2) is 71.2 Å². The standard InChI is InChI=1S/C22H25N5OS.HI/c23-21(26-11-13-27(14-12-26)22-24-10-15-29-22)25-16-18-6-8-20(9-7-18)28-17-19-4-2-1-3-5-19;/h1-10,15H,11-14,16-17H2,(H2,23,25);1H. The van der Waals surface area contributed by atoms with Gasteiger partial charge in [-0.15, -0.1) is 35.3 Å². The van der Waals surface area contributed by atoms with Crippen LogP contribution in [-0.4, -0.2) is 42.0 Å². The number of benzene rings is 2. The maximum absolute atomic E-state index is 6.22. The fraction of sp³-hybridized carbons (Fsp3) is 0.273. The lowest BCUT2D eigenvalue weighted by Gasteiger charge is -2.35. The first-order chi connectivity index (χ1) is 14.3. The zero-order chi connectivity index (χ0) is 19.9. The normalized spacial score (nSPS) is 14.3. The predicted molar refractivity (Wildman–Crippen MR) is 134 cm³/mol. The zero-order valence-corrected chi connectivity index (χ0v) is 19.8. The first kappa shape index (κ1) is 22.4. The quantitative estimate of drug-likeness (QED) is 0.294. The largest absolute Gasteiger partial charge is 0.489 e. The number of nitrogens with two attached hydrogens (primary N) is 1. The Balaban J connectivity index is 0.00000256. The minimum absolute atomic E-state index is 0. The number of piperazine rings is 1. The highest BCUT2D eigenvalue weighted by Crippen LogP contribution is 2.19. The molecule has 0 radical (unpaired) electrons. The van der Waals surface area contributed by atoms with Gasteiger partial charge in [-0.05, 0) is 23.3 Å². The van der Waals surface area contributed by atoms with E-state index in [1.165, 1.54) is 0 Å². The highest BCUT2D eigenvalue weighted by molar-refractivity contribution is 14.0. The highest BCUT2D eigenvalue weighted by atomic mass is 127. The Bertz CT molecular complexity index is 910. The molecule has 3 aromatic rings. The molecular weight excluding hydrogens is 509 g/mol. The van der Waals surface area contributed by atoms with Gasteiger partial charge in [0, 0.05) is 37.8 Å². The van der Waals surface area contributed by atoms with Gasteiger partial charge >= 0.3 is 0 Å². The Labute approximate surface area is 198 Å². The van der Waals surface area contributed by atoms with Crippen LogP contribution in [0, 0.1) is 0 Å². The van der Waals surface area contributed by atoms with E-state index in [0.29, 0.717) is 19.1 Å². The summed E-state index contributed by atoms with van der Waals surface area (Å²) in [6, 6.07) is 18.2. The molecule has 1 saturated heterocycles. The molecule has 6 nitrogen and oxygen atoms in total. The Morgan fingerprint density at radius 2 is 1.73 bits per heavy atom. The molecule has 0 spiro atoms. The van der Waals surface area contributed by atoms with E-state index < -0.39 is 0 Å². The molecule has 1 fully saturated rings. The average Bonchev–Trinajstić information content (AvgIpc) is 3.33. The van der Waals surface area contributed by atoms with Crippen molar-refractivity contribution in [2.24, 2.45) is 10.7 Å². The van der Waals surface area contributed by atoms with Crippen LogP contribution in [0.4, 0.5) is 5.13 Å². The molecule has 2 N–H and O–H groups in total. The number of hydrogen-bond donors (Lipinski definition) is 1. The zero-order valence-electron chi connectivity index (χ0n) is 16.7. The number of nitrogens with zero attached hydrogens (tertiary/aromatic N) is 4. The summed E-state index contributed by atoms with van der Waals surface area (Å²) in [5.74, 6) is 1.46. The molecule has 1 aliphatic rings. The molecule has 1 aliphatic heterocycles. The molecule has 1 aromatic heterocycles. The molecule has 2 heterocycles. The lowest BCUT2D eigenvalue weighted by Crippen LogP contribution is -2.51. The molecule has 0 amide bonds. The van der Waals surface area contributed by atoms with Gasteiger partial charge in [-0.3, -0.25) is 0 Å². The first-order valence-electron chi connectivity index (χ1n) is 9.73. The third-order valence-electron chi connectivity index (χ3n) is 4.89. The van der Waals surface area contributed by atoms with Crippen molar-refractivity contribution in [2.75, 3.05) is 31.1 Å². The van der Waals surface area contributed by atoms with Crippen molar-refractivity contribution in [3.05, 3.63) is 77.3 Å². The van der Waals surface area contributed by atoms with E-state index in [0.717, 1.165) is 48.2 Å². The Kier molecular flexibility index (Phi) is 8.32. The van der Waals surface area contributed by atoms with E-state index in [-0.39, 0.29) is 24.0 Å². The van der Waals surface area contributed by atoms with Crippen LogP contribution in [0.2, 0.25) is 0 Å². The van der Waals surface area contributed by atoms with E-state index >= 15 is 0 Å². The SMILES string of the molecule is I.NC(=NCc1ccc(OCc2ccccc2)cc1)N1CCN(c2nccs2)CC1. The molecule has 8 heteroatoms. The van der Waals surface area contributed by atoms with Crippen LogP contribution in [0.3, 0.4) is 0 Å². The Morgan fingerprint density at radius 1 is 1.00 bits per heavy atom. The number of ether oxygens (including phenoxy) is 1. The van der Waals surface area contributed by atoms with E-state index in [9.17, 15) is 0 Å². The fourth-order valence-electron chi connectivity index (χ4n) is 3.20. The van der Waals surface area contributed by atoms with Crippen molar-refractivity contribution >= 4 is 46.4 Å². The van der Waals surface area contributed by atoms with Gasteiger partial charge in [0.15, 0.2) is 11.1 Å². The molecule has 0 saturated carbocycles. The van der Waals surface area contributed by atoms with Gasteiger partial charge in [-0.25, -0.2) is 9.98 Å². The number of hydrogen-bond acceptors (Lipinski definition) is 5. The van der Waals surface area contributed by atoms with Gasteiger partial charge in [-0.1, -0.05) is 42.5 Å².